The number of aromatic nitrogens is 1. The number of aliphatic hydroxyl groups is 2. The average molecular weight is 998 g/mol. The molecule has 73 heavy (non-hydrogen) atoms. The fourth-order valence-corrected chi connectivity index (χ4v) is 11.7. The first-order valence-electron chi connectivity index (χ1n) is 27.3. The molecule has 1 saturated carbocycles. The van der Waals surface area contributed by atoms with Gasteiger partial charge < -0.3 is 43.6 Å². The lowest BCUT2D eigenvalue weighted by Gasteiger charge is -2.60. The normalized spacial score (nSPS) is 21.9. The number of carbonyl (C=O) groups is 1. The second kappa shape index (κ2) is 27.0. The molecule has 2 aliphatic heterocycles. The van der Waals surface area contributed by atoms with E-state index >= 15 is 4.79 Å². The van der Waals surface area contributed by atoms with Gasteiger partial charge in [0.05, 0.1) is 23.9 Å². The van der Waals surface area contributed by atoms with Crippen molar-refractivity contribution in [3.05, 3.63) is 137 Å². The zero-order valence-electron chi connectivity index (χ0n) is 43.4. The summed E-state index contributed by atoms with van der Waals surface area (Å²) < 4.78 is 33.1. The van der Waals surface area contributed by atoms with Crippen molar-refractivity contribution >= 4 is 11.6 Å². The molecule has 3 heterocycles. The summed E-state index contributed by atoms with van der Waals surface area (Å²) in [6.45, 7) is 9.73. The van der Waals surface area contributed by atoms with Gasteiger partial charge in [-0.3, -0.25) is 9.78 Å². The largest absolute Gasteiger partial charge is 0.487 e. The van der Waals surface area contributed by atoms with Crippen LogP contribution in [0.15, 0.2) is 114 Å². The second-order valence-corrected chi connectivity index (χ2v) is 20.4. The first-order valence-corrected chi connectivity index (χ1v) is 27.3. The van der Waals surface area contributed by atoms with Crippen molar-refractivity contribution in [2.24, 2.45) is 22.9 Å². The zero-order chi connectivity index (χ0) is 50.8. The molecule has 2 N–H and O–H groups in total. The van der Waals surface area contributed by atoms with E-state index in [0.717, 1.165) is 84.3 Å². The number of ether oxygens (including phenoxy) is 5. The summed E-state index contributed by atoms with van der Waals surface area (Å²) in [4.78, 5) is 28.5. The van der Waals surface area contributed by atoms with E-state index in [2.05, 4.69) is 25.6 Å². The molecule has 1 aromatic heterocycles. The van der Waals surface area contributed by atoms with Crippen molar-refractivity contribution in [3.63, 3.8) is 0 Å². The fraction of sp³-hybridized carbons (Fsp3) is 0.525. The van der Waals surface area contributed by atoms with Gasteiger partial charge in [-0.25, -0.2) is 0 Å². The lowest BCUT2D eigenvalue weighted by molar-refractivity contribution is -0.258. The topological polar surface area (TPSA) is 141 Å². The van der Waals surface area contributed by atoms with Gasteiger partial charge >= 0.3 is 0 Å². The number of allylic oxidation sites excluding steroid dienone is 1. The SMILES string of the molecule is C=CCO[C@@]12Oc3ccc(OCc4cccc(C)n4)cc3[C@H]3[C@H](CCCCO)[C@@H](CCCCO)C=C(C(=NOCc4ccccc4)C[C@@H]1N(Cc1ccc4c(c1)OCO4)C(=O)CCCCCCCCCCC)[C@H]32. The molecule has 8 rings (SSSR count). The highest BCUT2D eigenvalue weighted by Crippen LogP contribution is 2.62. The number of unbranched alkanes of at least 4 members (excludes halogenated alkanes) is 10. The highest BCUT2D eigenvalue weighted by molar-refractivity contribution is 6.03. The number of hydrogen-bond acceptors (Lipinski definition) is 11. The van der Waals surface area contributed by atoms with E-state index in [-0.39, 0.29) is 63.4 Å². The van der Waals surface area contributed by atoms with Crippen LogP contribution in [0.2, 0.25) is 0 Å². The van der Waals surface area contributed by atoms with Crippen LogP contribution in [0.3, 0.4) is 0 Å². The molecule has 0 unspecified atom stereocenters. The molecule has 3 aromatic carbocycles. The number of pyridine rings is 1. The van der Waals surface area contributed by atoms with Crippen LogP contribution in [-0.4, -0.2) is 70.2 Å². The average Bonchev–Trinajstić information content (AvgIpc) is 3.88. The Bertz CT molecular complexity index is 2460. The minimum atomic E-state index is -1.40. The molecule has 392 valence electrons. The van der Waals surface area contributed by atoms with Gasteiger partial charge in [0.1, 0.15) is 30.8 Å². The smallest absolute Gasteiger partial charge is 0.239 e. The molecule has 4 aromatic rings. The number of benzene rings is 3. The van der Waals surface area contributed by atoms with E-state index in [1.807, 2.05) is 90.7 Å². The van der Waals surface area contributed by atoms with Crippen molar-refractivity contribution in [1.82, 2.24) is 9.88 Å². The minimum Gasteiger partial charge on any atom is -0.487 e. The van der Waals surface area contributed by atoms with Gasteiger partial charge in [0.2, 0.25) is 18.5 Å². The molecule has 4 aliphatic rings. The predicted octanol–water partition coefficient (Wildman–Crippen LogP) is 12.5. The maximum atomic E-state index is 15.5. The highest BCUT2D eigenvalue weighted by atomic mass is 16.7. The lowest BCUT2D eigenvalue weighted by atomic mass is 9.55. The monoisotopic (exact) mass is 998 g/mol. The summed E-state index contributed by atoms with van der Waals surface area (Å²) >= 11 is 0. The highest BCUT2D eigenvalue weighted by Gasteiger charge is 2.65. The Morgan fingerprint density at radius 3 is 2.34 bits per heavy atom. The van der Waals surface area contributed by atoms with E-state index in [4.69, 9.17) is 38.7 Å². The molecule has 0 radical (unpaired) electrons. The van der Waals surface area contributed by atoms with Crippen LogP contribution < -0.4 is 18.9 Å². The Balaban J connectivity index is 1.26. The molecule has 6 atom stereocenters. The summed E-state index contributed by atoms with van der Waals surface area (Å²) in [5.74, 6) is 0.794. The van der Waals surface area contributed by atoms with Crippen molar-refractivity contribution < 1.29 is 43.5 Å². The lowest BCUT2D eigenvalue weighted by Crippen LogP contribution is -2.70. The third-order valence-corrected chi connectivity index (χ3v) is 15.2. The Labute approximate surface area is 433 Å². The van der Waals surface area contributed by atoms with Crippen LogP contribution in [0.5, 0.6) is 23.0 Å². The summed E-state index contributed by atoms with van der Waals surface area (Å²) in [7, 11) is 0. The van der Waals surface area contributed by atoms with E-state index < -0.39 is 17.7 Å². The third kappa shape index (κ3) is 13.5. The first kappa shape index (κ1) is 53.6. The summed E-state index contributed by atoms with van der Waals surface area (Å²) in [6.07, 6.45) is 19.8. The van der Waals surface area contributed by atoms with Gasteiger partial charge in [0.25, 0.3) is 0 Å². The van der Waals surface area contributed by atoms with Gasteiger partial charge in [-0.15, -0.1) is 6.58 Å². The van der Waals surface area contributed by atoms with Crippen molar-refractivity contribution in [3.8, 4) is 23.0 Å². The molecule has 0 saturated heterocycles. The number of carbonyl (C=O) groups excluding carboxylic acids is 1. The number of hydrogen-bond donors (Lipinski definition) is 2. The van der Waals surface area contributed by atoms with Gasteiger partial charge in [-0.1, -0.05) is 131 Å². The maximum Gasteiger partial charge on any atom is 0.239 e. The van der Waals surface area contributed by atoms with Crippen molar-refractivity contribution in [2.75, 3.05) is 26.6 Å². The number of oxime groups is 1. The summed E-state index contributed by atoms with van der Waals surface area (Å²) in [5.41, 5.74) is 6.39. The number of nitrogens with zero attached hydrogens (tertiary/aromatic N) is 3. The third-order valence-electron chi connectivity index (χ3n) is 15.2. The zero-order valence-corrected chi connectivity index (χ0v) is 43.4. The second-order valence-electron chi connectivity index (χ2n) is 20.4. The van der Waals surface area contributed by atoms with E-state index in [1.54, 1.807) is 6.08 Å². The van der Waals surface area contributed by atoms with Gasteiger partial charge in [-0.05, 0) is 110 Å². The number of fused-ring (bicyclic) bond motifs is 3. The molecule has 0 spiro atoms. The van der Waals surface area contributed by atoms with Crippen LogP contribution in [-0.2, 0) is 34.1 Å². The van der Waals surface area contributed by atoms with Gasteiger partial charge in [0, 0.05) is 49.8 Å². The van der Waals surface area contributed by atoms with Crippen LogP contribution in [0, 0.1) is 24.7 Å². The Hall–Kier alpha value is -5.69. The van der Waals surface area contributed by atoms with Gasteiger partial charge in [-0.2, -0.15) is 0 Å². The summed E-state index contributed by atoms with van der Waals surface area (Å²) in [5, 5.41) is 25.3. The van der Waals surface area contributed by atoms with Crippen LogP contribution in [0.25, 0.3) is 0 Å². The molecule has 1 amide bonds. The van der Waals surface area contributed by atoms with Crippen molar-refractivity contribution in [1.29, 1.82) is 0 Å². The van der Waals surface area contributed by atoms with Crippen molar-refractivity contribution in [2.45, 2.75) is 161 Å². The van der Waals surface area contributed by atoms with E-state index in [0.29, 0.717) is 55.3 Å². The predicted molar refractivity (Wildman–Crippen MR) is 284 cm³/mol. The molecule has 1 fully saturated rings. The van der Waals surface area contributed by atoms with Crippen LogP contribution in [0.4, 0.5) is 0 Å². The number of rotatable bonds is 30. The summed E-state index contributed by atoms with van der Waals surface area (Å²) in [6, 6.07) is 27.3. The van der Waals surface area contributed by atoms with Crippen LogP contribution >= 0.6 is 0 Å². The van der Waals surface area contributed by atoms with E-state index in [9.17, 15) is 10.2 Å². The number of aliphatic hydroxyl groups excluding tert-OH is 2. The Morgan fingerprint density at radius 1 is 0.822 bits per heavy atom. The molecule has 12 heteroatoms. The molecule has 12 nitrogen and oxygen atoms in total. The number of aryl methyl sites for hydroxylation is 1. The maximum absolute atomic E-state index is 15.5. The molecular weight excluding hydrogens is 919 g/mol. The minimum absolute atomic E-state index is 0.0146. The Morgan fingerprint density at radius 2 is 1.58 bits per heavy atom. The van der Waals surface area contributed by atoms with Crippen LogP contribution in [0.1, 0.15) is 150 Å². The molecular formula is C61H79N3O9. The molecule has 0 bridgehead atoms. The van der Waals surface area contributed by atoms with E-state index in [1.165, 1.54) is 38.5 Å². The Kier molecular flexibility index (Phi) is 19.8. The number of amides is 1. The fourth-order valence-electron chi connectivity index (χ4n) is 11.7. The first-order chi connectivity index (χ1) is 35.8. The van der Waals surface area contributed by atoms with Gasteiger partial charge in [0.15, 0.2) is 11.5 Å². The standard InChI is InChI=1S/C61H79N3O9/c1-4-6-7-8-9-10-11-12-16-28-58(67)64(40-46-29-31-55-56(36-46)70-43-69-55)57-39-53(63-72-41-45-23-14-13-15-24-45)51-37-47(25-17-19-33-65)50(27-18-20-34-66)59-52-38-49(68-42-48-26-21-22-44(3)62-48)30-32-54(52)73-61(57,60(51)59)71-35-5-2/h5,13-15,21-24,26,29-32,36-38,47,50,57,59-60,65-66H,2,4,6-12,16-20,25,27-28,33-35,39-43H2,1,3H3/t47-,50+,57-,59+,60+,61+/m0/s1. The quantitative estimate of drug-likeness (QED) is 0.0295. The molecule has 2 aliphatic carbocycles.